The summed E-state index contributed by atoms with van der Waals surface area (Å²) in [7, 11) is -3.61. The van der Waals surface area contributed by atoms with Crippen LogP contribution < -0.4 is 5.32 Å². The first-order valence-electron chi connectivity index (χ1n) is 10.3. The van der Waals surface area contributed by atoms with Gasteiger partial charge in [0.1, 0.15) is 5.84 Å². The van der Waals surface area contributed by atoms with Crippen molar-refractivity contribution in [3.8, 4) is 11.8 Å². The fourth-order valence-electron chi connectivity index (χ4n) is 4.65. The molecule has 5 rings (SSSR count). The minimum Gasteiger partial charge on any atom is -0.376 e. The van der Waals surface area contributed by atoms with E-state index in [1.54, 1.807) is 18.3 Å². The van der Waals surface area contributed by atoms with Gasteiger partial charge in [-0.3, -0.25) is 5.41 Å². The monoisotopic (exact) mass is 452 g/mol. The average molecular weight is 453 g/mol. The Balaban J connectivity index is 1.61. The Bertz CT molecular complexity index is 1410. The summed E-state index contributed by atoms with van der Waals surface area (Å²) in [6.45, 7) is 5.85. The van der Waals surface area contributed by atoms with E-state index in [-0.39, 0.29) is 11.6 Å². The Morgan fingerprint density at radius 2 is 1.84 bits per heavy atom. The Labute approximate surface area is 186 Å². The van der Waals surface area contributed by atoms with Gasteiger partial charge >= 0.3 is 0 Å². The van der Waals surface area contributed by atoms with Crippen molar-refractivity contribution in [1.82, 2.24) is 5.32 Å². The van der Waals surface area contributed by atoms with Crippen molar-refractivity contribution < 1.29 is 13.2 Å². The van der Waals surface area contributed by atoms with E-state index in [9.17, 15) is 8.42 Å². The maximum Gasteiger partial charge on any atom is 0.168 e. The summed E-state index contributed by atoms with van der Waals surface area (Å²) in [6, 6.07) is 12.3. The van der Waals surface area contributed by atoms with Crippen molar-refractivity contribution in [1.29, 1.82) is 5.41 Å². The van der Waals surface area contributed by atoms with Crippen molar-refractivity contribution in [2.24, 2.45) is 0 Å². The maximum atomic E-state index is 13.4. The van der Waals surface area contributed by atoms with Gasteiger partial charge in [-0.25, -0.2) is 8.42 Å². The number of ether oxygens (including phenoxy) is 1. The van der Waals surface area contributed by atoms with Crippen LogP contribution >= 0.6 is 11.3 Å². The summed E-state index contributed by atoms with van der Waals surface area (Å²) in [6.07, 6.45) is 0.204. The van der Waals surface area contributed by atoms with E-state index in [0.717, 1.165) is 26.6 Å². The third-order valence-electron chi connectivity index (χ3n) is 6.71. The predicted molar refractivity (Wildman–Crippen MR) is 127 cm³/mol. The number of rotatable bonds is 2. The normalized spacial score (nSPS) is 29.8. The van der Waals surface area contributed by atoms with Gasteiger partial charge in [0.2, 0.25) is 0 Å². The number of amidine groups is 1. The van der Waals surface area contributed by atoms with E-state index in [1.807, 2.05) is 32.0 Å². The highest BCUT2D eigenvalue weighted by atomic mass is 32.2. The van der Waals surface area contributed by atoms with Gasteiger partial charge in [-0.2, -0.15) is 0 Å². The van der Waals surface area contributed by atoms with Gasteiger partial charge in [-0.05, 0) is 63.1 Å². The first-order chi connectivity index (χ1) is 14.7. The number of sulfone groups is 1. The maximum absolute atomic E-state index is 13.4. The van der Waals surface area contributed by atoms with E-state index in [2.05, 4.69) is 35.4 Å². The van der Waals surface area contributed by atoms with Gasteiger partial charge in [-0.1, -0.05) is 12.0 Å². The molecule has 2 aliphatic heterocycles. The van der Waals surface area contributed by atoms with Gasteiger partial charge in [0, 0.05) is 32.3 Å². The Hall–Kier alpha value is -2.40. The first kappa shape index (κ1) is 20.5. The van der Waals surface area contributed by atoms with Gasteiger partial charge in [0.25, 0.3) is 0 Å². The van der Waals surface area contributed by atoms with E-state index in [1.165, 1.54) is 4.70 Å². The van der Waals surface area contributed by atoms with Crippen molar-refractivity contribution in [2.75, 3.05) is 12.4 Å². The highest BCUT2D eigenvalue weighted by molar-refractivity contribution is 7.93. The fraction of sp³-hybridized carbons (Fsp3) is 0.375. The highest BCUT2D eigenvalue weighted by Gasteiger charge is 2.59. The summed E-state index contributed by atoms with van der Waals surface area (Å²) < 4.78 is 33.3. The Kier molecular flexibility index (Phi) is 4.50. The van der Waals surface area contributed by atoms with Gasteiger partial charge < -0.3 is 10.1 Å². The molecule has 3 heterocycles. The zero-order valence-electron chi connectivity index (χ0n) is 17.7. The van der Waals surface area contributed by atoms with Crippen LogP contribution in [0.15, 0.2) is 36.4 Å². The molecule has 0 aliphatic carbocycles. The molecule has 3 aromatic rings. The molecule has 3 atom stereocenters. The van der Waals surface area contributed by atoms with Gasteiger partial charge in [0.15, 0.2) is 14.6 Å². The zero-order chi connectivity index (χ0) is 22.0. The summed E-state index contributed by atoms with van der Waals surface area (Å²) in [5.41, 5.74) is 0.932. The third-order valence-corrected chi connectivity index (χ3v) is 10.6. The molecule has 0 amide bonds. The van der Waals surface area contributed by atoms with Crippen LogP contribution in [-0.4, -0.2) is 37.5 Å². The molecule has 0 spiro atoms. The molecule has 2 fully saturated rings. The van der Waals surface area contributed by atoms with E-state index >= 15 is 0 Å². The molecule has 2 N–H and O–H groups in total. The number of hydrogen-bond donors (Lipinski definition) is 2. The topological polar surface area (TPSA) is 79.2 Å². The average Bonchev–Trinajstić information content (AvgIpc) is 3.02. The number of benzene rings is 2. The van der Waals surface area contributed by atoms with Crippen molar-refractivity contribution in [3.63, 3.8) is 0 Å². The molecule has 7 heteroatoms. The quantitative estimate of drug-likeness (QED) is 0.572. The molecule has 0 saturated carbocycles. The molecule has 31 heavy (non-hydrogen) atoms. The lowest BCUT2D eigenvalue weighted by Crippen LogP contribution is -2.70. The number of fused-ring (bicyclic) bond motifs is 3. The smallest absolute Gasteiger partial charge is 0.168 e. The molecule has 1 aromatic heterocycles. The standard InChI is InChI=1S/C24H24N2O3S2/c1-4-5-15-6-8-19-17(12-15)18-13-16(7-9-20(18)30-19)23(2)14-31(27,28)24(3,22(25)26-23)21-10-11-29-21/h6-9,12-13,21H,10-11,14H2,1-3H3,(H2,25,26)/t21?,23-,24-/m0/s1. The van der Waals surface area contributed by atoms with Crippen LogP contribution in [0, 0.1) is 17.3 Å². The van der Waals surface area contributed by atoms with Crippen molar-refractivity contribution >= 4 is 47.2 Å². The second kappa shape index (κ2) is 6.80. The molecule has 2 aromatic carbocycles. The minimum atomic E-state index is -3.61. The second-order valence-corrected chi connectivity index (χ2v) is 12.2. The Morgan fingerprint density at radius 1 is 1.16 bits per heavy atom. The van der Waals surface area contributed by atoms with Gasteiger partial charge in [-0.15, -0.1) is 17.3 Å². The SMILES string of the molecule is CC#Cc1ccc2sc3ccc([C@]4(C)CS(=O)(=O)[C@@](C)(C5CCO5)C(=N)N4)cc3c2c1. The van der Waals surface area contributed by atoms with Crippen LogP contribution in [0.5, 0.6) is 0 Å². The second-order valence-electron chi connectivity index (χ2n) is 8.75. The zero-order valence-corrected chi connectivity index (χ0v) is 19.3. The highest BCUT2D eigenvalue weighted by Crippen LogP contribution is 2.42. The van der Waals surface area contributed by atoms with Crippen LogP contribution in [0.2, 0.25) is 0 Å². The number of hydrogen-bond acceptors (Lipinski definition) is 5. The molecule has 5 nitrogen and oxygen atoms in total. The minimum absolute atomic E-state index is 0.0155. The van der Waals surface area contributed by atoms with Crippen molar-refractivity contribution in [3.05, 3.63) is 47.5 Å². The van der Waals surface area contributed by atoms with Crippen LogP contribution in [0.3, 0.4) is 0 Å². The lowest BCUT2D eigenvalue weighted by atomic mass is 9.89. The Morgan fingerprint density at radius 3 is 2.45 bits per heavy atom. The predicted octanol–water partition coefficient (Wildman–Crippen LogP) is 4.18. The number of nitrogens with one attached hydrogen (secondary N) is 2. The van der Waals surface area contributed by atoms with Crippen LogP contribution in [0.25, 0.3) is 20.2 Å². The summed E-state index contributed by atoms with van der Waals surface area (Å²) in [4.78, 5) is 0. The van der Waals surface area contributed by atoms with E-state index < -0.39 is 26.2 Å². The summed E-state index contributed by atoms with van der Waals surface area (Å²) >= 11 is 1.71. The lowest BCUT2D eigenvalue weighted by molar-refractivity contribution is -0.0607. The molecule has 2 aliphatic rings. The molecule has 160 valence electrons. The van der Waals surface area contributed by atoms with E-state index in [0.29, 0.717) is 13.0 Å². The van der Waals surface area contributed by atoms with Gasteiger partial charge in [0.05, 0.1) is 17.4 Å². The molecular weight excluding hydrogens is 428 g/mol. The molecule has 2 saturated heterocycles. The largest absolute Gasteiger partial charge is 0.376 e. The lowest BCUT2D eigenvalue weighted by Gasteiger charge is -2.49. The van der Waals surface area contributed by atoms with Crippen LogP contribution in [-0.2, 0) is 20.1 Å². The van der Waals surface area contributed by atoms with E-state index in [4.69, 9.17) is 10.1 Å². The summed E-state index contributed by atoms with van der Waals surface area (Å²) in [5, 5.41) is 14.1. The third kappa shape index (κ3) is 2.93. The van der Waals surface area contributed by atoms with Crippen LogP contribution in [0.1, 0.15) is 38.3 Å². The molecule has 0 bridgehead atoms. The first-order valence-corrected chi connectivity index (χ1v) is 12.8. The summed E-state index contributed by atoms with van der Waals surface area (Å²) in [5.74, 6) is 5.98. The molecule has 0 radical (unpaired) electrons. The van der Waals surface area contributed by atoms with Crippen molar-refractivity contribution in [2.45, 2.75) is 43.6 Å². The molecular formula is C24H24N2O3S2. The molecule has 1 unspecified atom stereocenters. The number of thiophene rings is 1. The van der Waals surface area contributed by atoms with Crippen LogP contribution in [0.4, 0.5) is 0 Å². The fourth-order valence-corrected chi connectivity index (χ4v) is 7.97.